The molecule has 2 amide bonds. The number of piperidine rings is 1. The number of nitrogens with one attached hydrogen (secondary N) is 2. The molecule has 2 heterocycles. The van der Waals surface area contributed by atoms with Crippen LogP contribution in [0.1, 0.15) is 63.3 Å². The number of imidazole rings is 1. The van der Waals surface area contributed by atoms with Gasteiger partial charge in [-0.15, -0.1) is 0 Å². The molecule has 1 aliphatic heterocycles. The first kappa shape index (κ1) is 21.5. The zero-order valence-corrected chi connectivity index (χ0v) is 17.5. The number of carbonyl (C=O) groups excluding carboxylic acids is 2. The largest absolute Gasteiger partial charge is 0.444 e. The van der Waals surface area contributed by atoms with Crippen LogP contribution in [-0.2, 0) is 9.47 Å². The van der Waals surface area contributed by atoms with Gasteiger partial charge in [0.2, 0.25) is 0 Å². The van der Waals surface area contributed by atoms with E-state index >= 15 is 0 Å². The van der Waals surface area contributed by atoms with E-state index in [2.05, 4.69) is 15.3 Å². The number of aromatic nitrogens is 2. The fourth-order valence-corrected chi connectivity index (χ4v) is 3.26. The molecule has 0 aromatic carbocycles. The summed E-state index contributed by atoms with van der Waals surface area (Å²) >= 11 is 6.08. The summed E-state index contributed by atoms with van der Waals surface area (Å²) in [6.07, 6.45) is -0.173. The van der Waals surface area contributed by atoms with Gasteiger partial charge < -0.3 is 24.7 Å². The van der Waals surface area contributed by atoms with Crippen LogP contribution >= 0.6 is 11.6 Å². The highest BCUT2D eigenvalue weighted by Crippen LogP contribution is 2.22. The number of H-pyrrole nitrogens is 1. The van der Waals surface area contributed by atoms with Crippen molar-refractivity contribution in [2.24, 2.45) is 0 Å². The normalized spacial score (nSPS) is 20.7. The van der Waals surface area contributed by atoms with E-state index in [1.165, 1.54) is 0 Å². The predicted molar refractivity (Wildman–Crippen MR) is 102 cm³/mol. The molecule has 152 valence electrons. The topological polar surface area (TPSA) is 96.6 Å². The van der Waals surface area contributed by atoms with Gasteiger partial charge in [0, 0.05) is 13.7 Å². The molecule has 27 heavy (non-hydrogen) atoms. The molecule has 0 aliphatic carbocycles. The SMILES string of the molecule is CO[C@@H]1CN(C(=O)OC(C)(C)C)CC[C@@H]1NC(=O)c1nc(Cl)c(C(C)C)[nH]1. The van der Waals surface area contributed by atoms with Crippen LogP contribution < -0.4 is 5.32 Å². The maximum absolute atomic E-state index is 12.5. The van der Waals surface area contributed by atoms with Gasteiger partial charge in [-0.1, -0.05) is 25.4 Å². The van der Waals surface area contributed by atoms with Crippen molar-refractivity contribution in [1.82, 2.24) is 20.2 Å². The van der Waals surface area contributed by atoms with Crippen LogP contribution in [0.15, 0.2) is 0 Å². The maximum Gasteiger partial charge on any atom is 0.410 e. The molecular weight excluding hydrogens is 372 g/mol. The van der Waals surface area contributed by atoms with E-state index < -0.39 is 5.60 Å². The van der Waals surface area contributed by atoms with Crippen LogP contribution in [0.4, 0.5) is 4.79 Å². The monoisotopic (exact) mass is 400 g/mol. The summed E-state index contributed by atoms with van der Waals surface area (Å²) in [4.78, 5) is 33.5. The number of halogens is 1. The van der Waals surface area contributed by atoms with Crippen LogP contribution in [0.25, 0.3) is 0 Å². The summed E-state index contributed by atoms with van der Waals surface area (Å²) in [6.45, 7) is 10.2. The van der Waals surface area contributed by atoms with Gasteiger partial charge in [-0.3, -0.25) is 4.79 Å². The Morgan fingerprint density at radius 1 is 1.37 bits per heavy atom. The van der Waals surface area contributed by atoms with Crippen LogP contribution in [0.2, 0.25) is 5.15 Å². The smallest absolute Gasteiger partial charge is 0.410 e. The number of nitrogens with zero attached hydrogens (tertiary/aromatic N) is 2. The number of aromatic amines is 1. The number of ether oxygens (including phenoxy) is 2. The van der Waals surface area contributed by atoms with Crippen molar-refractivity contribution in [3.05, 3.63) is 16.7 Å². The van der Waals surface area contributed by atoms with Crippen molar-refractivity contribution in [2.75, 3.05) is 20.2 Å². The second kappa shape index (κ2) is 8.48. The number of hydrogen-bond donors (Lipinski definition) is 2. The minimum atomic E-state index is -0.558. The van der Waals surface area contributed by atoms with Crippen molar-refractivity contribution in [1.29, 1.82) is 0 Å². The van der Waals surface area contributed by atoms with Gasteiger partial charge in [-0.05, 0) is 33.1 Å². The van der Waals surface area contributed by atoms with Crippen LogP contribution in [-0.4, -0.2) is 64.8 Å². The van der Waals surface area contributed by atoms with Gasteiger partial charge >= 0.3 is 6.09 Å². The molecule has 1 fully saturated rings. The molecule has 0 saturated carbocycles. The number of amides is 2. The fourth-order valence-electron chi connectivity index (χ4n) is 2.91. The van der Waals surface area contributed by atoms with Crippen molar-refractivity contribution in [3.63, 3.8) is 0 Å². The van der Waals surface area contributed by atoms with Gasteiger partial charge in [0.05, 0.1) is 24.4 Å². The zero-order chi connectivity index (χ0) is 20.4. The first-order chi connectivity index (χ1) is 12.5. The molecule has 2 rings (SSSR count). The third-order valence-corrected chi connectivity index (χ3v) is 4.60. The Morgan fingerprint density at radius 2 is 2.04 bits per heavy atom. The van der Waals surface area contributed by atoms with Gasteiger partial charge in [0.15, 0.2) is 11.0 Å². The number of hydrogen-bond acceptors (Lipinski definition) is 5. The average Bonchev–Trinajstić information content (AvgIpc) is 2.95. The van der Waals surface area contributed by atoms with E-state index in [4.69, 9.17) is 21.1 Å². The van der Waals surface area contributed by atoms with Gasteiger partial charge in [-0.2, -0.15) is 0 Å². The second-order valence-electron chi connectivity index (χ2n) is 8.01. The molecule has 2 atom stereocenters. The van der Waals surface area contributed by atoms with E-state index in [0.29, 0.717) is 24.7 Å². The summed E-state index contributed by atoms with van der Waals surface area (Å²) in [5.74, 6) is -0.0370. The Hall–Kier alpha value is -1.80. The van der Waals surface area contributed by atoms with Crippen molar-refractivity contribution >= 4 is 23.6 Å². The summed E-state index contributed by atoms with van der Waals surface area (Å²) in [5.41, 5.74) is 0.169. The highest BCUT2D eigenvalue weighted by molar-refractivity contribution is 6.30. The number of rotatable bonds is 4. The van der Waals surface area contributed by atoms with Crippen molar-refractivity contribution < 1.29 is 19.1 Å². The lowest BCUT2D eigenvalue weighted by molar-refractivity contribution is -0.0172. The van der Waals surface area contributed by atoms with Crippen molar-refractivity contribution in [2.45, 2.75) is 64.7 Å². The molecular formula is C18H29ClN4O4. The first-order valence-electron chi connectivity index (χ1n) is 9.08. The summed E-state index contributed by atoms with van der Waals surface area (Å²) in [7, 11) is 1.56. The highest BCUT2D eigenvalue weighted by atomic mass is 35.5. The van der Waals surface area contributed by atoms with E-state index in [1.807, 2.05) is 34.6 Å². The molecule has 1 aliphatic rings. The molecule has 1 aromatic heterocycles. The molecule has 9 heteroatoms. The van der Waals surface area contributed by atoms with Crippen LogP contribution in [0.5, 0.6) is 0 Å². The standard InChI is InChI=1S/C18H29ClN4O4/c1-10(2)13-14(19)22-15(21-13)16(24)20-11-7-8-23(9-12(11)26-6)17(25)27-18(3,4)5/h10-12H,7-9H2,1-6H3,(H,20,24)(H,21,22)/t11-,12+/m0/s1. The Labute approximate surface area is 164 Å². The van der Waals surface area contributed by atoms with Crippen molar-refractivity contribution in [3.8, 4) is 0 Å². The van der Waals surface area contributed by atoms with E-state index in [0.717, 1.165) is 5.69 Å². The summed E-state index contributed by atoms with van der Waals surface area (Å²) in [6, 6.07) is -0.243. The lowest BCUT2D eigenvalue weighted by Gasteiger charge is -2.38. The summed E-state index contributed by atoms with van der Waals surface area (Å²) in [5, 5.41) is 3.23. The first-order valence-corrected chi connectivity index (χ1v) is 9.46. The lowest BCUT2D eigenvalue weighted by Crippen LogP contribution is -2.56. The summed E-state index contributed by atoms with van der Waals surface area (Å²) < 4.78 is 10.9. The Bertz CT molecular complexity index is 683. The fraction of sp³-hybridized carbons (Fsp3) is 0.722. The molecule has 8 nitrogen and oxygen atoms in total. The average molecular weight is 401 g/mol. The Balaban J connectivity index is 2.00. The third kappa shape index (κ3) is 5.59. The number of carbonyl (C=O) groups is 2. The zero-order valence-electron chi connectivity index (χ0n) is 16.8. The van der Waals surface area contributed by atoms with E-state index in [1.54, 1.807) is 12.0 Å². The molecule has 0 unspecified atom stereocenters. The molecule has 1 saturated heterocycles. The Morgan fingerprint density at radius 3 is 2.56 bits per heavy atom. The van der Waals surface area contributed by atoms with Gasteiger partial charge in [0.25, 0.3) is 5.91 Å². The minimum Gasteiger partial charge on any atom is -0.444 e. The lowest BCUT2D eigenvalue weighted by atomic mass is 10.0. The van der Waals surface area contributed by atoms with Crippen LogP contribution in [0, 0.1) is 0 Å². The third-order valence-electron chi connectivity index (χ3n) is 4.31. The molecule has 1 aromatic rings. The predicted octanol–water partition coefficient (Wildman–Crippen LogP) is 2.94. The maximum atomic E-state index is 12.5. The molecule has 0 radical (unpaired) electrons. The molecule has 0 bridgehead atoms. The molecule has 2 N–H and O–H groups in total. The minimum absolute atomic E-state index is 0.135. The number of methoxy groups -OCH3 is 1. The number of likely N-dealkylation sites (tertiary alicyclic amines) is 1. The molecule has 0 spiro atoms. The van der Waals surface area contributed by atoms with E-state index in [-0.39, 0.29) is 35.9 Å². The van der Waals surface area contributed by atoms with Gasteiger partial charge in [-0.25, -0.2) is 9.78 Å². The van der Waals surface area contributed by atoms with E-state index in [9.17, 15) is 9.59 Å². The van der Waals surface area contributed by atoms with Gasteiger partial charge in [0.1, 0.15) is 5.60 Å². The highest BCUT2D eigenvalue weighted by Gasteiger charge is 2.35. The quantitative estimate of drug-likeness (QED) is 0.809. The van der Waals surface area contributed by atoms with Crippen LogP contribution in [0.3, 0.4) is 0 Å². The Kier molecular flexibility index (Phi) is 6.75. The second-order valence-corrected chi connectivity index (χ2v) is 8.37.